The van der Waals surface area contributed by atoms with Crippen molar-refractivity contribution in [2.45, 2.75) is 24.6 Å². The molecule has 0 atom stereocenters. The van der Waals surface area contributed by atoms with Gasteiger partial charge in [0.2, 0.25) is 10.0 Å². The normalized spacial score (nSPS) is 12.8. The molecule has 0 spiro atoms. The summed E-state index contributed by atoms with van der Waals surface area (Å²) in [5.74, 6) is 0. The summed E-state index contributed by atoms with van der Waals surface area (Å²) in [5.41, 5.74) is 0.854. The van der Waals surface area contributed by atoms with Crippen LogP contribution in [0.3, 0.4) is 0 Å². The van der Waals surface area contributed by atoms with Gasteiger partial charge in [-0.3, -0.25) is 4.84 Å². The number of benzene rings is 2. The van der Waals surface area contributed by atoms with E-state index in [9.17, 15) is 21.6 Å². The molecule has 0 fully saturated rings. The molecule has 0 radical (unpaired) electrons. The maximum Gasteiger partial charge on any atom is 0.593 e. The summed E-state index contributed by atoms with van der Waals surface area (Å²) in [5, 5.41) is 3.72. The number of nitrogens with zero attached hydrogens (tertiary/aromatic N) is 1. The third-order valence-corrected chi connectivity index (χ3v) is 8.02. The molecule has 0 amide bonds. The largest absolute Gasteiger partial charge is 0.593 e. The van der Waals surface area contributed by atoms with Gasteiger partial charge in [-0.15, -0.1) is 24.9 Å². The minimum absolute atomic E-state index is 0.0202. The zero-order valence-corrected chi connectivity index (χ0v) is 20.6. The minimum atomic E-state index is -4.95. The van der Waals surface area contributed by atoms with Crippen LogP contribution in [0, 0.1) is 0 Å². The van der Waals surface area contributed by atoms with Crippen LogP contribution in [-0.4, -0.2) is 32.1 Å². The first-order chi connectivity index (χ1) is 14.4. The number of sulfonamides is 1. The Kier molecular flexibility index (Phi) is 9.53. The maximum absolute atomic E-state index is 12.6. The van der Waals surface area contributed by atoms with Crippen LogP contribution in [0.2, 0.25) is 10.0 Å². The first-order valence-corrected chi connectivity index (χ1v) is 12.7. The standard InChI is InChI=1S/C18H16BrCl2F3N2O3S2/c1-2-25-31(27,28)10-30-17-4-3-12(8-15(17)19)16(26-29-18(22,23)24)7-11-5-13(20)9-14(21)6-11/h3-6,8-9,25H,2,7,10H2,1H3/b26-16+. The number of hydrogen-bond acceptors (Lipinski definition) is 5. The van der Waals surface area contributed by atoms with E-state index in [4.69, 9.17) is 23.2 Å². The summed E-state index contributed by atoms with van der Waals surface area (Å²) in [6.45, 7) is 1.94. The van der Waals surface area contributed by atoms with Crippen molar-refractivity contribution in [2.75, 3.05) is 11.6 Å². The SMILES string of the molecule is CCNS(=O)(=O)CSc1ccc(/C(Cc2cc(Cl)cc(Cl)c2)=N/OC(F)(F)F)cc1Br. The van der Waals surface area contributed by atoms with Gasteiger partial charge in [0.05, 0.1) is 5.71 Å². The molecule has 0 bridgehead atoms. The van der Waals surface area contributed by atoms with E-state index in [1.807, 2.05) is 0 Å². The van der Waals surface area contributed by atoms with Crippen molar-refractivity contribution in [3.05, 3.63) is 62.0 Å². The zero-order chi connectivity index (χ0) is 23.2. The fourth-order valence-electron chi connectivity index (χ4n) is 2.40. The van der Waals surface area contributed by atoms with Crippen LogP contribution in [0.4, 0.5) is 13.2 Å². The maximum atomic E-state index is 12.6. The topological polar surface area (TPSA) is 67.8 Å². The van der Waals surface area contributed by atoms with Crippen LogP contribution in [0.5, 0.6) is 0 Å². The molecule has 1 N–H and O–H groups in total. The number of alkyl halides is 3. The molecule has 0 heterocycles. The van der Waals surface area contributed by atoms with Gasteiger partial charge in [-0.25, -0.2) is 13.1 Å². The highest BCUT2D eigenvalue weighted by Gasteiger charge is 2.31. The molecule has 0 saturated heterocycles. The molecular weight excluding hydrogens is 564 g/mol. The van der Waals surface area contributed by atoms with E-state index >= 15 is 0 Å². The second-order valence-corrected chi connectivity index (χ2v) is 11.0. The number of rotatable bonds is 9. The van der Waals surface area contributed by atoms with Crippen molar-refractivity contribution in [1.29, 1.82) is 0 Å². The Bertz CT molecular complexity index is 1050. The number of hydrogen-bond donors (Lipinski definition) is 1. The quantitative estimate of drug-likeness (QED) is 0.217. The lowest BCUT2D eigenvalue weighted by Crippen LogP contribution is -2.24. The molecule has 0 aromatic heterocycles. The summed E-state index contributed by atoms with van der Waals surface area (Å²) in [4.78, 5) is 4.27. The van der Waals surface area contributed by atoms with Gasteiger partial charge in [0.15, 0.2) is 0 Å². The highest BCUT2D eigenvalue weighted by atomic mass is 79.9. The second kappa shape index (κ2) is 11.2. The molecule has 0 aliphatic heterocycles. The van der Waals surface area contributed by atoms with Crippen molar-refractivity contribution >= 4 is 66.6 Å². The predicted octanol–water partition coefficient (Wildman–Crippen LogP) is 6.23. The van der Waals surface area contributed by atoms with Crippen LogP contribution < -0.4 is 4.72 Å². The third-order valence-electron chi connectivity index (χ3n) is 3.55. The summed E-state index contributed by atoms with van der Waals surface area (Å²) >= 11 is 16.3. The van der Waals surface area contributed by atoms with Gasteiger partial charge in [0, 0.05) is 37.9 Å². The van der Waals surface area contributed by atoms with Gasteiger partial charge in [0.25, 0.3) is 0 Å². The lowest BCUT2D eigenvalue weighted by molar-refractivity contribution is -0.325. The fourth-order valence-corrected chi connectivity index (χ4v) is 5.96. The van der Waals surface area contributed by atoms with Crippen molar-refractivity contribution < 1.29 is 26.4 Å². The number of nitrogens with one attached hydrogen (secondary N) is 1. The third kappa shape index (κ3) is 9.19. The Hall–Kier alpha value is -0.980. The average Bonchev–Trinajstić information content (AvgIpc) is 2.62. The Morgan fingerprint density at radius 2 is 1.84 bits per heavy atom. The summed E-state index contributed by atoms with van der Waals surface area (Å²) in [7, 11) is -3.45. The molecule has 0 aliphatic carbocycles. The van der Waals surface area contributed by atoms with Crippen molar-refractivity contribution in [2.24, 2.45) is 5.16 Å². The lowest BCUT2D eigenvalue weighted by atomic mass is 10.0. The predicted molar refractivity (Wildman–Crippen MR) is 121 cm³/mol. The lowest BCUT2D eigenvalue weighted by Gasteiger charge is -2.12. The smallest absolute Gasteiger partial charge is 0.294 e. The van der Waals surface area contributed by atoms with Crippen LogP contribution in [0.1, 0.15) is 18.1 Å². The molecule has 2 aromatic carbocycles. The first kappa shape index (κ1) is 26.3. The highest BCUT2D eigenvalue weighted by Crippen LogP contribution is 2.30. The average molecular weight is 580 g/mol. The monoisotopic (exact) mass is 578 g/mol. The summed E-state index contributed by atoms with van der Waals surface area (Å²) < 4.78 is 64.2. The Morgan fingerprint density at radius 1 is 1.19 bits per heavy atom. The van der Waals surface area contributed by atoms with E-state index in [0.717, 1.165) is 11.8 Å². The Balaban J connectivity index is 2.32. The van der Waals surface area contributed by atoms with Gasteiger partial charge in [-0.1, -0.05) is 41.3 Å². The molecule has 5 nitrogen and oxygen atoms in total. The van der Waals surface area contributed by atoms with E-state index < -0.39 is 16.4 Å². The van der Waals surface area contributed by atoms with Gasteiger partial charge < -0.3 is 0 Å². The zero-order valence-electron chi connectivity index (χ0n) is 15.8. The van der Waals surface area contributed by atoms with Crippen molar-refractivity contribution in [1.82, 2.24) is 4.72 Å². The van der Waals surface area contributed by atoms with Gasteiger partial charge in [-0.05, 0) is 51.8 Å². The van der Waals surface area contributed by atoms with Crippen molar-refractivity contribution in [3.63, 3.8) is 0 Å². The van der Waals surface area contributed by atoms with E-state index in [-0.39, 0.29) is 23.8 Å². The van der Waals surface area contributed by atoms with Gasteiger partial charge in [-0.2, -0.15) is 0 Å². The van der Waals surface area contributed by atoms with Crippen molar-refractivity contribution in [3.8, 4) is 0 Å². The molecule has 170 valence electrons. The molecule has 2 aromatic rings. The van der Waals surface area contributed by atoms with E-state index in [1.165, 1.54) is 18.2 Å². The number of thioether (sulfide) groups is 1. The fraction of sp³-hybridized carbons (Fsp3) is 0.278. The molecule has 31 heavy (non-hydrogen) atoms. The van der Waals surface area contributed by atoms with Crippen LogP contribution >= 0.6 is 50.9 Å². The second-order valence-electron chi connectivity index (χ2n) is 6.05. The Labute approximate surface area is 200 Å². The highest BCUT2D eigenvalue weighted by molar-refractivity contribution is 9.10. The summed E-state index contributed by atoms with van der Waals surface area (Å²) in [6, 6.07) is 9.26. The summed E-state index contributed by atoms with van der Waals surface area (Å²) in [6.07, 6.45) is -4.99. The van der Waals surface area contributed by atoms with Gasteiger partial charge in [0.1, 0.15) is 5.08 Å². The molecule has 0 aliphatic rings. The first-order valence-electron chi connectivity index (χ1n) is 8.55. The molecule has 2 rings (SSSR count). The molecule has 0 saturated carbocycles. The van der Waals surface area contributed by atoms with Crippen LogP contribution in [-0.2, 0) is 21.3 Å². The van der Waals surface area contributed by atoms with E-state index in [2.05, 4.69) is 30.6 Å². The number of halogens is 6. The van der Waals surface area contributed by atoms with E-state index in [0.29, 0.717) is 30.5 Å². The van der Waals surface area contributed by atoms with Gasteiger partial charge >= 0.3 is 6.36 Å². The van der Waals surface area contributed by atoms with Crippen LogP contribution in [0.15, 0.2) is 50.9 Å². The van der Waals surface area contributed by atoms with E-state index in [1.54, 1.807) is 25.1 Å². The Morgan fingerprint density at radius 3 is 2.39 bits per heavy atom. The molecule has 13 heteroatoms. The van der Waals surface area contributed by atoms with Crippen LogP contribution in [0.25, 0.3) is 0 Å². The molecular formula is C18H16BrCl2F3N2O3S2. The number of oxime groups is 1. The molecule has 0 unspecified atom stereocenters. The minimum Gasteiger partial charge on any atom is -0.294 e.